The molecule has 27 heavy (non-hydrogen) atoms. The van der Waals surface area contributed by atoms with Gasteiger partial charge in [-0.25, -0.2) is 9.97 Å². The van der Waals surface area contributed by atoms with Crippen molar-refractivity contribution < 1.29 is 4.74 Å². The number of ether oxygens (including phenoxy) is 1. The first-order valence-electron chi connectivity index (χ1n) is 8.35. The third-order valence-corrected chi connectivity index (χ3v) is 5.63. The van der Waals surface area contributed by atoms with E-state index >= 15 is 0 Å². The van der Waals surface area contributed by atoms with E-state index in [2.05, 4.69) is 47.6 Å². The van der Waals surface area contributed by atoms with Gasteiger partial charge in [-0.1, -0.05) is 15.9 Å². The van der Waals surface area contributed by atoms with Crippen LogP contribution in [0.2, 0.25) is 0 Å². The van der Waals surface area contributed by atoms with E-state index in [0.29, 0.717) is 0 Å². The van der Waals surface area contributed by atoms with Crippen molar-refractivity contribution in [1.29, 1.82) is 0 Å². The van der Waals surface area contributed by atoms with Crippen molar-refractivity contribution in [2.75, 3.05) is 7.11 Å². The van der Waals surface area contributed by atoms with E-state index in [-0.39, 0.29) is 0 Å². The van der Waals surface area contributed by atoms with Gasteiger partial charge in [0, 0.05) is 22.0 Å². The van der Waals surface area contributed by atoms with E-state index in [1.54, 1.807) is 13.4 Å². The van der Waals surface area contributed by atoms with Gasteiger partial charge < -0.3 is 9.30 Å². The predicted molar refractivity (Wildman–Crippen MR) is 109 cm³/mol. The van der Waals surface area contributed by atoms with Gasteiger partial charge in [0.15, 0.2) is 11.0 Å². The van der Waals surface area contributed by atoms with Crippen LogP contribution >= 0.6 is 27.7 Å². The fourth-order valence-electron chi connectivity index (χ4n) is 2.78. The topological polar surface area (TPSA) is 65.7 Å². The lowest BCUT2D eigenvalue weighted by atomic mass is 10.2. The summed E-state index contributed by atoms with van der Waals surface area (Å²) in [7, 11) is 1.66. The molecule has 0 spiro atoms. The molecule has 0 aliphatic carbocycles. The number of methoxy groups -OCH3 is 1. The van der Waals surface area contributed by atoms with Gasteiger partial charge in [-0.3, -0.25) is 0 Å². The van der Waals surface area contributed by atoms with E-state index in [1.807, 2.05) is 42.5 Å². The Balaban J connectivity index is 1.73. The number of aromatic nitrogens is 5. The zero-order valence-electron chi connectivity index (χ0n) is 14.8. The maximum Gasteiger partial charge on any atom is 0.197 e. The molecule has 136 valence electrons. The second-order valence-electron chi connectivity index (χ2n) is 5.72. The summed E-state index contributed by atoms with van der Waals surface area (Å²) in [5.41, 5.74) is 1.89. The molecule has 2 aromatic heterocycles. The molecular weight excluding hydrogens is 426 g/mol. The summed E-state index contributed by atoms with van der Waals surface area (Å²) in [4.78, 5) is 8.79. The summed E-state index contributed by atoms with van der Waals surface area (Å²) in [5.74, 6) is 1.64. The highest BCUT2D eigenvalue weighted by Crippen LogP contribution is 2.33. The Morgan fingerprint density at radius 2 is 1.89 bits per heavy atom. The number of benzene rings is 2. The van der Waals surface area contributed by atoms with Crippen molar-refractivity contribution in [3.8, 4) is 17.1 Å². The highest BCUT2D eigenvalue weighted by molar-refractivity contribution is 9.10. The number of hydrogen-bond donors (Lipinski definition) is 0. The van der Waals surface area contributed by atoms with Gasteiger partial charge in [0.1, 0.15) is 17.1 Å². The van der Waals surface area contributed by atoms with Gasteiger partial charge in [0.25, 0.3) is 0 Å². The summed E-state index contributed by atoms with van der Waals surface area (Å²) in [6.45, 7) is 2.83. The zero-order valence-corrected chi connectivity index (χ0v) is 17.2. The van der Waals surface area contributed by atoms with Crippen molar-refractivity contribution >= 4 is 38.6 Å². The summed E-state index contributed by atoms with van der Waals surface area (Å²) < 4.78 is 8.30. The molecule has 0 atom stereocenters. The van der Waals surface area contributed by atoms with E-state index in [1.165, 1.54) is 11.8 Å². The van der Waals surface area contributed by atoms with E-state index < -0.39 is 0 Å². The monoisotopic (exact) mass is 441 g/mol. The van der Waals surface area contributed by atoms with Crippen LogP contribution in [-0.4, -0.2) is 31.8 Å². The second-order valence-corrected chi connectivity index (χ2v) is 7.59. The Bertz CT molecular complexity index is 1100. The van der Waals surface area contributed by atoms with Crippen molar-refractivity contribution in [1.82, 2.24) is 24.7 Å². The van der Waals surface area contributed by atoms with Crippen LogP contribution in [0.5, 0.6) is 5.75 Å². The van der Waals surface area contributed by atoms with Crippen molar-refractivity contribution in [2.45, 2.75) is 23.7 Å². The third kappa shape index (κ3) is 3.54. The lowest BCUT2D eigenvalue weighted by Crippen LogP contribution is -2.00. The van der Waals surface area contributed by atoms with Crippen LogP contribution in [0.25, 0.3) is 22.3 Å². The summed E-state index contributed by atoms with van der Waals surface area (Å²) in [5, 5.41) is 11.4. The summed E-state index contributed by atoms with van der Waals surface area (Å²) in [6, 6.07) is 13.8. The van der Waals surface area contributed by atoms with Crippen molar-refractivity contribution in [3.05, 3.63) is 53.3 Å². The summed E-state index contributed by atoms with van der Waals surface area (Å²) >= 11 is 5.01. The fourth-order valence-corrected chi connectivity index (χ4v) is 4.09. The van der Waals surface area contributed by atoms with Crippen LogP contribution in [0.1, 0.15) is 6.92 Å². The minimum absolute atomic E-state index is 0.753. The van der Waals surface area contributed by atoms with Gasteiger partial charge >= 0.3 is 0 Å². The maximum absolute atomic E-state index is 5.23. The van der Waals surface area contributed by atoms with Gasteiger partial charge in [-0.15, -0.1) is 10.2 Å². The molecule has 0 amide bonds. The van der Waals surface area contributed by atoms with Crippen molar-refractivity contribution in [3.63, 3.8) is 0 Å². The molecule has 0 saturated carbocycles. The first-order chi connectivity index (χ1) is 13.2. The SMILES string of the molecule is CCn1c(Sc2ncnc3ccc(Br)cc23)nnc1-c1ccc(OC)cc1. The first-order valence-corrected chi connectivity index (χ1v) is 9.96. The van der Waals surface area contributed by atoms with Gasteiger partial charge in [0.05, 0.1) is 12.6 Å². The molecule has 4 rings (SSSR count). The second kappa shape index (κ2) is 7.66. The molecule has 8 heteroatoms. The number of hydrogen-bond acceptors (Lipinski definition) is 6. The molecule has 0 bridgehead atoms. The molecular formula is C19H16BrN5OS. The smallest absolute Gasteiger partial charge is 0.197 e. The molecule has 0 saturated heterocycles. The largest absolute Gasteiger partial charge is 0.497 e. The number of halogens is 1. The minimum Gasteiger partial charge on any atom is -0.497 e. The Morgan fingerprint density at radius 1 is 1.07 bits per heavy atom. The molecule has 0 N–H and O–H groups in total. The number of nitrogens with zero attached hydrogens (tertiary/aromatic N) is 5. The fraction of sp³-hybridized carbons (Fsp3) is 0.158. The highest BCUT2D eigenvalue weighted by atomic mass is 79.9. The number of fused-ring (bicyclic) bond motifs is 1. The van der Waals surface area contributed by atoms with Crippen LogP contribution in [-0.2, 0) is 6.54 Å². The quantitative estimate of drug-likeness (QED) is 0.413. The average Bonchev–Trinajstić information content (AvgIpc) is 3.11. The summed E-state index contributed by atoms with van der Waals surface area (Å²) in [6.07, 6.45) is 1.58. The van der Waals surface area contributed by atoms with Crippen LogP contribution in [0, 0.1) is 0 Å². The van der Waals surface area contributed by atoms with Crippen LogP contribution in [0.3, 0.4) is 0 Å². The Morgan fingerprint density at radius 3 is 2.63 bits per heavy atom. The average molecular weight is 442 g/mol. The first kappa shape index (κ1) is 17.9. The Kier molecular flexibility index (Phi) is 5.09. The zero-order chi connectivity index (χ0) is 18.8. The van der Waals surface area contributed by atoms with E-state index in [0.717, 1.165) is 49.2 Å². The maximum atomic E-state index is 5.23. The van der Waals surface area contributed by atoms with Crippen LogP contribution < -0.4 is 4.74 Å². The molecule has 0 radical (unpaired) electrons. The normalized spacial score (nSPS) is 11.1. The lowest BCUT2D eigenvalue weighted by molar-refractivity contribution is 0.415. The predicted octanol–water partition coefficient (Wildman–Crippen LogP) is 4.83. The van der Waals surface area contributed by atoms with Crippen LogP contribution in [0.15, 0.2) is 63.4 Å². The van der Waals surface area contributed by atoms with Gasteiger partial charge in [-0.05, 0) is 61.2 Å². The Hall–Kier alpha value is -2.45. The van der Waals surface area contributed by atoms with Crippen molar-refractivity contribution in [2.24, 2.45) is 0 Å². The Labute approximate surface area is 169 Å². The molecule has 2 heterocycles. The number of rotatable bonds is 5. The molecule has 0 aliphatic heterocycles. The standard InChI is InChI=1S/C19H16BrN5OS/c1-3-25-17(12-4-7-14(26-2)8-5-12)23-24-19(25)27-18-15-10-13(20)6-9-16(15)21-11-22-18/h4-11H,3H2,1-2H3. The van der Waals surface area contributed by atoms with E-state index in [4.69, 9.17) is 4.74 Å². The molecule has 0 fully saturated rings. The van der Waals surface area contributed by atoms with Gasteiger partial charge in [-0.2, -0.15) is 0 Å². The third-order valence-electron chi connectivity index (χ3n) is 4.13. The highest BCUT2D eigenvalue weighted by Gasteiger charge is 2.16. The molecule has 0 unspecified atom stereocenters. The molecule has 4 aromatic rings. The molecule has 2 aromatic carbocycles. The molecule has 0 aliphatic rings. The lowest BCUT2D eigenvalue weighted by Gasteiger charge is -2.08. The van der Waals surface area contributed by atoms with E-state index in [9.17, 15) is 0 Å². The van der Waals surface area contributed by atoms with Gasteiger partial charge in [0.2, 0.25) is 0 Å². The molecule has 6 nitrogen and oxygen atoms in total. The van der Waals surface area contributed by atoms with Crippen LogP contribution in [0.4, 0.5) is 0 Å². The minimum atomic E-state index is 0.753.